The van der Waals surface area contributed by atoms with Gasteiger partial charge in [0.15, 0.2) is 0 Å². The average molecular weight is 358 g/mol. The van der Waals surface area contributed by atoms with Gasteiger partial charge in [-0.15, -0.1) is 12.4 Å². The maximum absolute atomic E-state index is 12.4. The molecule has 0 aromatic heterocycles. The lowest BCUT2D eigenvalue weighted by atomic mass is 10.2. The van der Waals surface area contributed by atoms with E-state index in [4.69, 9.17) is 5.73 Å². The minimum Gasteiger partial charge on any atom is -0.343 e. The second-order valence-corrected chi connectivity index (χ2v) is 6.55. The van der Waals surface area contributed by atoms with Gasteiger partial charge in [-0.2, -0.15) is 11.8 Å². The van der Waals surface area contributed by atoms with Gasteiger partial charge >= 0.3 is 0 Å². The van der Waals surface area contributed by atoms with Crippen LogP contribution < -0.4 is 16.0 Å². The molecule has 1 aromatic carbocycles. The number of carbonyl (C=O) groups is 2. The van der Waals surface area contributed by atoms with Crippen LogP contribution in [-0.4, -0.2) is 42.5 Å². The molecule has 1 heterocycles. The first-order valence-corrected chi connectivity index (χ1v) is 8.85. The predicted molar refractivity (Wildman–Crippen MR) is 98.3 cm³/mol. The Kier molecular flexibility index (Phi) is 7.88. The Hall–Kier alpha value is -1.24. The number of nitrogens with zero attached hydrogens (tertiary/aromatic N) is 1. The van der Waals surface area contributed by atoms with Gasteiger partial charge in [-0.3, -0.25) is 9.59 Å². The van der Waals surface area contributed by atoms with Crippen LogP contribution in [0.2, 0.25) is 0 Å². The second kappa shape index (κ2) is 9.15. The number of benzene rings is 1. The fraction of sp³-hybridized carbons (Fsp3) is 0.500. The summed E-state index contributed by atoms with van der Waals surface area (Å²) in [5.41, 5.74) is 7.87. The number of rotatable bonds is 6. The van der Waals surface area contributed by atoms with Crippen LogP contribution in [-0.2, 0) is 9.59 Å². The Bertz CT molecular complexity index is 539. The van der Waals surface area contributed by atoms with E-state index in [1.807, 2.05) is 37.4 Å². The van der Waals surface area contributed by atoms with Gasteiger partial charge in [0, 0.05) is 12.2 Å². The largest absolute Gasteiger partial charge is 0.343 e. The molecule has 2 amide bonds. The highest BCUT2D eigenvalue weighted by molar-refractivity contribution is 7.98. The van der Waals surface area contributed by atoms with Crippen molar-refractivity contribution in [3.8, 4) is 0 Å². The SMILES string of the molecule is CSCC[C@H](N)C(=O)NC1CCN(c2ccc(C)cc2)C1=O.Cl. The van der Waals surface area contributed by atoms with Crippen molar-refractivity contribution in [1.29, 1.82) is 0 Å². The van der Waals surface area contributed by atoms with Gasteiger partial charge in [-0.25, -0.2) is 0 Å². The number of hydrogen-bond acceptors (Lipinski definition) is 4. The highest BCUT2D eigenvalue weighted by atomic mass is 35.5. The van der Waals surface area contributed by atoms with Crippen molar-refractivity contribution < 1.29 is 9.59 Å². The fourth-order valence-electron chi connectivity index (χ4n) is 2.45. The zero-order valence-electron chi connectivity index (χ0n) is 13.5. The number of nitrogens with two attached hydrogens (primary N) is 1. The lowest BCUT2D eigenvalue weighted by Crippen LogP contribution is -2.48. The first-order chi connectivity index (χ1) is 10.5. The second-order valence-electron chi connectivity index (χ2n) is 5.56. The number of halogens is 1. The normalized spacial score (nSPS) is 18.5. The highest BCUT2D eigenvalue weighted by Gasteiger charge is 2.34. The molecule has 23 heavy (non-hydrogen) atoms. The molecule has 0 aliphatic carbocycles. The predicted octanol–water partition coefficient (Wildman–Crippen LogP) is 1.72. The van der Waals surface area contributed by atoms with Crippen molar-refractivity contribution in [1.82, 2.24) is 5.32 Å². The Morgan fingerprint density at radius 3 is 2.70 bits per heavy atom. The summed E-state index contributed by atoms with van der Waals surface area (Å²) in [4.78, 5) is 26.2. The van der Waals surface area contributed by atoms with Gasteiger partial charge in [-0.05, 0) is 43.9 Å². The Balaban J connectivity index is 0.00000264. The van der Waals surface area contributed by atoms with E-state index in [9.17, 15) is 9.59 Å². The highest BCUT2D eigenvalue weighted by Crippen LogP contribution is 2.22. The fourth-order valence-corrected chi connectivity index (χ4v) is 2.94. The number of thioether (sulfide) groups is 1. The molecule has 1 fully saturated rings. The summed E-state index contributed by atoms with van der Waals surface area (Å²) in [5, 5.41) is 2.78. The molecule has 0 spiro atoms. The van der Waals surface area contributed by atoms with Gasteiger partial charge in [0.1, 0.15) is 6.04 Å². The summed E-state index contributed by atoms with van der Waals surface area (Å²) in [6.45, 7) is 2.63. The van der Waals surface area contributed by atoms with Crippen LogP contribution in [0.3, 0.4) is 0 Å². The van der Waals surface area contributed by atoms with Gasteiger partial charge in [-0.1, -0.05) is 17.7 Å². The Morgan fingerprint density at radius 2 is 2.09 bits per heavy atom. The van der Waals surface area contributed by atoms with Crippen molar-refractivity contribution in [2.24, 2.45) is 5.73 Å². The van der Waals surface area contributed by atoms with Crippen LogP contribution in [0.1, 0.15) is 18.4 Å². The Morgan fingerprint density at radius 1 is 1.43 bits per heavy atom. The molecule has 5 nitrogen and oxygen atoms in total. The van der Waals surface area contributed by atoms with Crippen molar-refractivity contribution in [3.63, 3.8) is 0 Å². The summed E-state index contributed by atoms with van der Waals surface area (Å²) < 4.78 is 0. The number of aryl methyl sites for hydroxylation is 1. The van der Waals surface area contributed by atoms with E-state index in [-0.39, 0.29) is 24.2 Å². The summed E-state index contributed by atoms with van der Waals surface area (Å²) in [7, 11) is 0. The van der Waals surface area contributed by atoms with Crippen LogP contribution >= 0.6 is 24.2 Å². The summed E-state index contributed by atoms with van der Waals surface area (Å²) >= 11 is 1.65. The quantitative estimate of drug-likeness (QED) is 0.812. The summed E-state index contributed by atoms with van der Waals surface area (Å²) in [6, 6.07) is 6.81. The van der Waals surface area contributed by atoms with Gasteiger partial charge in [0.2, 0.25) is 11.8 Å². The van der Waals surface area contributed by atoms with E-state index in [1.54, 1.807) is 16.7 Å². The van der Waals surface area contributed by atoms with Crippen molar-refractivity contribution in [2.75, 3.05) is 23.5 Å². The molecule has 0 bridgehead atoms. The molecule has 2 atom stereocenters. The van der Waals surface area contributed by atoms with Crippen molar-refractivity contribution >= 4 is 41.7 Å². The van der Waals surface area contributed by atoms with E-state index in [2.05, 4.69) is 5.32 Å². The molecule has 1 aliphatic heterocycles. The molecule has 3 N–H and O–H groups in total. The molecule has 1 saturated heterocycles. The number of carbonyl (C=O) groups excluding carboxylic acids is 2. The van der Waals surface area contributed by atoms with Gasteiger partial charge in [0.05, 0.1) is 6.04 Å². The van der Waals surface area contributed by atoms with Gasteiger partial charge in [0.25, 0.3) is 0 Å². The third-order valence-electron chi connectivity index (χ3n) is 3.84. The van der Waals surface area contributed by atoms with Crippen LogP contribution in [0.5, 0.6) is 0 Å². The maximum atomic E-state index is 12.4. The standard InChI is InChI=1S/C16H23N3O2S.ClH/c1-11-3-5-12(6-4-11)19-9-7-14(16(19)21)18-15(20)13(17)8-10-22-2;/h3-6,13-14H,7-10,17H2,1-2H3,(H,18,20);1H/t13-,14?;/m0./s1. The molecule has 1 aromatic rings. The minimum atomic E-state index is -0.548. The molecule has 0 saturated carbocycles. The molecular weight excluding hydrogens is 334 g/mol. The van der Waals surface area contributed by atoms with Crippen molar-refractivity contribution in [2.45, 2.75) is 31.8 Å². The molecule has 0 radical (unpaired) electrons. The van der Waals surface area contributed by atoms with E-state index < -0.39 is 12.1 Å². The number of amides is 2. The number of hydrogen-bond donors (Lipinski definition) is 2. The molecule has 1 unspecified atom stereocenters. The van der Waals surface area contributed by atoms with Crippen LogP contribution in [0.25, 0.3) is 0 Å². The van der Waals surface area contributed by atoms with E-state index in [0.29, 0.717) is 19.4 Å². The van der Waals surface area contributed by atoms with Crippen LogP contribution in [0, 0.1) is 6.92 Å². The Labute approximate surface area is 147 Å². The number of nitrogens with one attached hydrogen (secondary N) is 1. The molecule has 2 rings (SSSR count). The third kappa shape index (κ3) is 5.12. The lowest BCUT2D eigenvalue weighted by molar-refractivity contribution is -0.127. The average Bonchev–Trinajstić information content (AvgIpc) is 2.86. The van der Waals surface area contributed by atoms with E-state index >= 15 is 0 Å². The molecule has 128 valence electrons. The monoisotopic (exact) mass is 357 g/mol. The maximum Gasteiger partial charge on any atom is 0.249 e. The van der Waals surface area contributed by atoms with Gasteiger partial charge < -0.3 is 16.0 Å². The summed E-state index contributed by atoms with van der Waals surface area (Å²) in [5.74, 6) is 0.537. The molecular formula is C16H24ClN3O2S. The number of anilines is 1. The molecule has 7 heteroatoms. The lowest BCUT2D eigenvalue weighted by Gasteiger charge is -2.18. The topological polar surface area (TPSA) is 75.4 Å². The third-order valence-corrected chi connectivity index (χ3v) is 4.48. The van der Waals surface area contributed by atoms with Crippen LogP contribution in [0.15, 0.2) is 24.3 Å². The van der Waals surface area contributed by atoms with Crippen LogP contribution in [0.4, 0.5) is 5.69 Å². The summed E-state index contributed by atoms with van der Waals surface area (Å²) in [6.07, 6.45) is 3.22. The molecule has 1 aliphatic rings. The smallest absolute Gasteiger partial charge is 0.249 e. The zero-order chi connectivity index (χ0) is 16.1. The van der Waals surface area contributed by atoms with Crippen molar-refractivity contribution in [3.05, 3.63) is 29.8 Å². The van der Waals surface area contributed by atoms with E-state index in [0.717, 1.165) is 17.0 Å². The first kappa shape index (κ1) is 19.8. The minimum absolute atomic E-state index is 0. The first-order valence-electron chi connectivity index (χ1n) is 7.46. The zero-order valence-corrected chi connectivity index (χ0v) is 15.1. The van der Waals surface area contributed by atoms with E-state index in [1.165, 1.54) is 0 Å².